The molecule has 2 aromatic heterocycles. The van der Waals surface area contributed by atoms with Crippen LogP contribution in [0.3, 0.4) is 0 Å². The van der Waals surface area contributed by atoms with Crippen molar-refractivity contribution in [3.05, 3.63) is 46.1 Å². The highest BCUT2D eigenvalue weighted by atomic mass is 32.1. The second-order valence-electron chi connectivity index (χ2n) is 6.94. The molecule has 26 heavy (non-hydrogen) atoms. The molecule has 0 spiro atoms. The number of likely N-dealkylation sites (tertiary alicyclic amines) is 1. The second-order valence-corrected chi connectivity index (χ2v) is 7.95. The van der Waals surface area contributed by atoms with Crippen LogP contribution in [0.15, 0.2) is 18.2 Å². The molecule has 8 heteroatoms. The van der Waals surface area contributed by atoms with Crippen molar-refractivity contribution < 1.29 is 13.9 Å². The number of rotatable bonds is 3. The molecule has 1 aliphatic heterocycles. The van der Waals surface area contributed by atoms with Crippen molar-refractivity contribution in [3.63, 3.8) is 0 Å². The summed E-state index contributed by atoms with van der Waals surface area (Å²) in [5, 5.41) is 14.9. The van der Waals surface area contributed by atoms with E-state index in [2.05, 4.69) is 21.9 Å². The molecule has 1 N–H and O–H groups in total. The fourth-order valence-corrected chi connectivity index (χ4v) is 4.69. The summed E-state index contributed by atoms with van der Waals surface area (Å²) in [5.74, 6) is -0.529. The molecule has 1 saturated heterocycles. The summed E-state index contributed by atoms with van der Waals surface area (Å²) < 4.78 is 28.8. The van der Waals surface area contributed by atoms with Gasteiger partial charge in [-0.25, -0.2) is 13.8 Å². The fraction of sp³-hybridized carbons (Fsp3) is 0.444. The molecule has 1 unspecified atom stereocenters. The van der Waals surface area contributed by atoms with E-state index in [-0.39, 0.29) is 11.9 Å². The monoisotopic (exact) mass is 378 g/mol. The first-order valence-electron chi connectivity index (χ1n) is 8.68. The van der Waals surface area contributed by atoms with Gasteiger partial charge in [-0.2, -0.15) is 4.52 Å². The Bertz CT molecular complexity index is 946. The van der Waals surface area contributed by atoms with Gasteiger partial charge in [0, 0.05) is 0 Å². The first-order valence-corrected chi connectivity index (χ1v) is 9.49. The molecular formula is C18H20F2N4OS. The number of hydrogen-bond acceptors (Lipinski definition) is 5. The molecular weight excluding hydrogens is 358 g/mol. The highest BCUT2D eigenvalue weighted by Gasteiger charge is 2.31. The number of benzene rings is 1. The predicted molar refractivity (Wildman–Crippen MR) is 95.4 cm³/mol. The van der Waals surface area contributed by atoms with Crippen LogP contribution in [0.1, 0.15) is 42.1 Å². The summed E-state index contributed by atoms with van der Waals surface area (Å²) >= 11 is 1.33. The number of thiazole rings is 1. The zero-order valence-corrected chi connectivity index (χ0v) is 15.4. The van der Waals surface area contributed by atoms with Gasteiger partial charge in [-0.1, -0.05) is 24.3 Å². The van der Waals surface area contributed by atoms with Crippen molar-refractivity contribution in [1.82, 2.24) is 19.5 Å². The molecule has 0 amide bonds. The summed E-state index contributed by atoms with van der Waals surface area (Å²) in [5.41, 5.74) is 0.620. The summed E-state index contributed by atoms with van der Waals surface area (Å²) in [6.45, 7) is 5.64. The fourth-order valence-electron chi connectivity index (χ4n) is 3.52. The van der Waals surface area contributed by atoms with Gasteiger partial charge in [0.25, 0.3) is 0 Å². The first-order chi connectivity index (χ1) is 12.4. The zero-order valence-electron chi connectivity index (χ0n) is 14.6. The van der Waals surface area contributed by atoms with Crippen LogP contribution in [0.5, 0.6) is 5.88 Å². The highest BCUT2D eigenvalue weighted by molar-refractivity contribution is 7.17. The van der Waals surface area contributed by atoms with Crippen molar-refractivity contribution in [2.24, 2.45) is 5.92 Å². The molecule has 0 bridgehead atoms. The average Bonchev–Trinajstić information content (AvgIpc) is 3.11. The van der Waals surface area contributed by atoms with Crippen LogP contribution in [0.25, 0.3) is 4.96 Å². The molecule has 3 heterocycles. The number of fused-ring (bicyclic) bond motifs is 1. The SMILES string of the molecule is Cc1nc2sc(C(c3ccc(F)c(F)c3)N3CCC(C)CC3)c(O)n2n1. The van der Waals surface area contributed by atoms with Crippen LogP contribution in [-0.2, 0) is 0 Å². The Morgan fingerprint density at radius 2 is 1.96 bits per heavy atom. The largest absolute Gasteiger partial charge is 0.492 e. The lowest BCUT2D eigenvalue weighted by atomic mass is 9.95. The van der Waals surface area contributed by atoms with Crippen LogP contribution in [0.2, 0.25) is 0 Å². The maximum Gasteiger partial charge on any atom is 0.230 e. The molecule has 1 aliphatic rings. The van der Waals surface area contributed by atoms with E-state index in [1.165, 1.54) is 21.9 Å². The maximum absolute atomic E-state index is 13.9. The lowest BCUT2D eigenvalue weighted by molar-refractivity contribution is 0.157. The van der Waals surface area contributed by atoms with E-state index in [1.54, 1.807) is 13.0 Å². The molecule has 0 radical (unpaired) electrons. The molecule has 1 atom stereocenters. The third-order valence-corrected chi connectivity index (χ3v) is 6.07. The van der Waals surface area contributed by atoms with E-state index >= 15 is 0 Å². The van der Waals surface area contributed by atoms with Crippen LogP contribution in [0.4, 0.5) is 8.78 Å². The van der Waals surface area contributed by atoms with Crippen LogP contribution in [-0.4, -0.2) is 37.7 Å². The molecule has 0 aliphatic carbocycles. The summed E-state index contributed by atoms with van der Waals surface area (Å²) in [6.07, 6.45) is 2.06. The minimum absolute atomic E-state index is 0.0129. The Balaban J connectivity index is 1.82. The Labute approximate surface area is 153 Å². The predicted octanol–water partition coefficient (Wildman–Crippen LogP) is 3.90. The molecule has 3 aromatic rings. The van der Waals surface area contributed by atoms with E-state index in [1.807, 2.05) is 0 Å². The quantitative estimate of drug-likeness (QED) is 0.751. The van der Waals surface area contributed by atoms with Crippen molar-refractivity contribution in [2.75, 3.05) is 13.1 Å². The van der Waals surface area contributed by atoms with Crippen LogP contribution >= 0.6 is 11.3 Å². The van der Waals surface area contributed by atoms with E-state index in [4.69, 9.17) is 0 Å². The van der Waals surface area contributed by atoms with Gasteiger partial charge >= 0.3 is 0 Å². The van der Waals surface area contributed by atoms with Crippen LogP contribution in [0, 0.1) is 24.5 Å². The zero-order chi connectivity index (χ0) is 18.4. The highest BCUT2D eigenvalue weighted by Crippen LogP contribution is 2.41. The van der Waals surface area contributed by atoms with Gasteiger partial charge in [0.2, 0.25) is 10.8 Å². The molecule has 0 saturated carbocycles. The number of aromatic hydroxyl groups is 1. The Morgan fingerprint density at radius 3 is 2.62 bits per heavy atom. The maximum atomic E-state index is 13.9. The van der Waals surface area contributed by atoms with Crippen molar-refractivity contribution in [1.29, 1.82) is 0 Å². The first kappa shape index (κ1) is 17.4. The normalized spacial score (nSPS) is 17.8. The standard InChI is InChI=1S/C18H20F2N4OS/c1-10-5-7-23(8-6-10)15(12-3-4-13(19)14(20)9-12)16-17(25)24-18(26-16)21-11(2)22-24/h3-4,9-10,15,25H,5-8H2,1-2H3. The van der Waals surface area contributed by atoms with Crippen LogP contribution < -0.4 is 0 Å². The smallest absolute Gasteiger partial charge is 0.230 e. The summed E-state index contributed by atoms with van der Waals surface area (Å²) in [7, 11) is 0. The van der Waals surface area contributed by atoms with E-state index in [0.717, 1.165) is 32.0 Å². The van der Waals surface area contributed by atoms with E-state index in [0.29, 0.717) is 27.1 Å². The second kappa shape index (κ2) is 6.59. The third-order valence-electron chi connectivity index (χ3n) is 5.00. The average molecular weight is 378 g/mol. The van der Waals surface area contributed by atoms with Gasteiger partial charge in [-0.3, -0.25) is 4.90 Å². The minimum Gasteiger partial charge on any atom is -0.492 e. The third kappa shape index (κ3) is 2.97. The topological polar surface area (TPSA) is 53.7 Å². The number of aromatic nitrogens is 3. The van der Waals surface area contributed by atoms with E-state index in [9.17, 15) is 13.9 Å². The Morgan fingerprint density at radius 1 is 1.23 bits per heavy atom. The lowest BCUT2D eigenvalue weighted by Gasteiger charge is -2.36. The van der Waals surface area contributed by atoms with Gasteiger partial charge in [0.15, 0.2) is 11.6 Å². The number of piperidine rings is 1. The van der Waals surface area contributed by atoms with Gasteiger partial charge in [0.05, 0.1) is 10.9 Å². The number of hydrogen-bond donors (Lipinski definition) is 1. The lowest BCUT2D eigenvalue weighted by Crippen LogP contribution is -2.36. The number of halogens is 2. The van der Waals surface area contributed by atoms with Gasteiger partial charge in [0.1, 0.15) is 5.82 Å². The number of nitrogens with zero attached hydrogens (tertiary/aromatic N) is 4. The van der Waals surface area contributed by atoms with Crippen molar-refractivity contribution in [2.45, 2.75) is 32.7 Å². The van der Waals surface area contributed by atoms with E-state index < -0.39 is 11.6 Å². The molecule has 1 aromatic carbocycles. The van der Waals surface area contributed by atoms with Gasteiger partial charge < -0.3 is 5.11 Å². The van der Waals surface area contributed by atoms with Crippen molar-refractivity contribution in [3.8, 4) is 5.88 Å². The van der Waals surface area contributed by atoms with Gasteiger partial charge in [-0.05, 0) is 56.5 Å². The molecule has 4 rings (SSSR count). The Hall–Kier alpha value is -2.06. The Kier molecular flexibility index (Phi) is 4.40. The minimum atomic E-state index is -0.882. The molecule has 138 valence electrons. The molecule has 5 nitrogen and oxygen atoms in total. The summed E-state index contributed by atoms with van der Waals surface area (Å²) in [4.78, 5) is 7.77. The number of aryl methyl sites for hydroxylation is 1. The van der Waals surface area contributed by atoms with Gasteiger partial charge in [-0.15, -0.1) is 5.10 Å². The summed E-state index contributed by atoms with van der Waals surface area (Å²) in [6, 6.07) is 3.59. The molecule has 1 fully saturated rings. The van der Waals surface area contributed by atoms with Crippen molar-refractivity contribution >= 4 is 16.3 Å².